The maximum absolute atomic E-state index is 12.8. The lowest BCUT2D eigenvalue weighted by molar-refractivity contribution is -0.152. The molecule has 0 unspecified atom stereocenters. The second-order valence-electron chi connectivity index (χ2n) is 3.83. The van der Waals surface area contributed by atoms with E-state index in [9.17, 15) is 51.8 Å². The molecule has 0 atom stereocenters. The van der Waals surface area contributed by atoms with E-state index in [0.717, 1.165) is 0 Å². The number of rotatable bonds is 1. The highest BCUT2D eigenvalue weighted by molar-refractivity contribution is 7.86. The van der Waals surface area contributed by atoms with Crippen molar-refractivity contribution in [3.05, 3.63) is 28.8 Å². The summed E-state index contributed by atoms with van der Waals surface area (Å²) in [6.45, 7) is 0. The molecule has 0 amide bonds. The van der Waals surface area contributed by atoms with E-state index < -0.39 is 62.5 Å². The van der Waals surface area contributed by atoms with Gasteiger partial charge in [-0.15, -0.1) is 3.89 Å². The smallest absolute Gasteiger partial charge is 0.189 e. The van der Waals surface area contributed by atoms with Crippen LogP contribution in [-0.2, 0) is 28.8 Å². The third kappa shape index (κ3) is 3.81. The molecular weight excluding hydrogens is 362 g/mol. The minimum Gasteiger partial charge on any atom is -0.189 e. The Kier molecular flexibility index (Phi) is 4.20. The van der Waals surface area contributed by atoms with Gasteiger partial charge < -0.3 is 0 Å². The first kappa shape index (κ1) is 18.5. The minimum absolute atomic E-state index is 0.901. The number of alkyl halides is 9. The average Bonchev–Trinajstić information content (AvgIpc) is 2.22. The maximum atomic E-state index is 12.8. The van der Waals surface area contributed by atoms with Gasteiger partial charge in [0.25, 0.3) is 0 Å². The summed E-state index contributed by atoms with van der Waals surface area (Å²) in [6.07, 6.45) is -17.6. The summed E-state index contributed by atoms with van der Waals surface area (Å²) in [5.41, 5.74) is -8.20. The minimum atomic E-state index is -6.60. The Morgan fingerprint density at radius 3 is 1.18 bits per heavy atom. The molecule has 0 aromatic heterocycles. The van der Waals surface area contributed by atoms with E-state index in [2.05, 4.69) is 0 Å². The van der Waals surface area contributed by atoms with Crippen LogP contribution in [-0.4, -0.2) is 8.42 Å². The Bertz CT molecular complexity index is 645. The SMILES string of the molecule is O=S(=O)(F)c1c(C(F)(F)F)cc(C(F)(F)F)cc1C(F)(F)F. The third-order valence-electron chi connectivity index (χ3n) is 2.27. The van der Waals surface area contributed by atoms with Gasteiger partial charge >= 0.3 is 28.8 Å². The summed E-state index contributed by atoms with van der Waals surface area (Å²) < 4.78 is 146. The molecule has 0 fully saturated rings. The van der Waals surface area contributed by atoms with Gasteiger partial charge in [0.2, 0.25) is 0 Å². The van der Waals surface area contributed by atoms with Crippen LogP contribution < -0.4 is 0 Å². The fourth-order valence-corrected chi connectivity index (χ4v) is 2.35. The van der Waals surface area contributed by atoms with Crippen molar-refractivity contribution in [2.24, 2.45) is 0 Å². The lowest BCUT2D eigenvalue weighted by atomic mass is 10.0. The molecule has 0 saturated carbocycles. The predicted molar refractivity (Wildman–Crippen MR) is 49.7 cm³/mol. The van der Waals surface area contributed by atoms with E-state index >= 15 is 0 Å². The van der Waals surface area contributed by atoms with Crippen LogP contribution in [0.25, 0.3) is 0 Å². The number of benzene rings is 1. The molecule has 0 heterocycles. The van der Waals surface area contributed by atoms with Crippen LogP contribution >= 0.6 is 0 Å². The van der Waals surface area contributed by atoms with Crippen molar-refractivity contribution in [3.8, 4) is 0 Å². The number of hydrogen-bond acceptors (Lipinski definition) is 2. The first-order valence-electron chi connectivity index (χ1n) is 4.80. The van der Waals surface area contributed by atoms with Crippen molar-refractivity contribution in [1.29, 1.82) is 0 Å². The second kappa shape index (κ2) is 4.99. The van der Waals surface area contributed by atoms with E-state index in [1.54, 1.807) is 0 Å². The average molecular weight is 364 g/mol. The van der Waals surface area contributed by atoms with Crippen LogP contribution in [0.4, 0.5) is 43.4 Å². The lowest BCUT2D eigenvalue weighted by Crippen LogP contribution is -2.21. The van der Waals surface area contributed by atoms with Crippen LogP contribution in [0.3, 0.4) is 0 Å². The second-order valence-corrected chi connectivity index (χ2v) is 5.12. The molecule has 22 heavy (non-hydrogen) atoms. The highest BCUT2D eigenvalue weighted by Gasteiger charge is 2.48. The highest BCUT2D eigenvalue weighted by Crippen LogP contribution is 2.45. The molecule has 0 radical (unpaired) electrons. The van der Waals surface area contributed by atoms with Gasteiger partial charge in [-0.25, -0.2) is 0 Å². The molecule has 0 aliphatic carbocycles. The number of halogens is 10. The molecule has 0 aliphatic rings. The fraction of sp³-hybridized carbons (Fsp3) is 0.333. The zero-order valence-corrected chi connectivity index (χ0v) is 10.5. The normalized spacial score (nSPS) is 14.3. The Balaban J connectivity index is 4.05. The molecule has 1 aromatic carbocycles. The standard InChI is InChI=1S/C9H2F10O2S/c10-7(11,12)3-1-4(8(13,14)15)6(22(19,20)21)5(2-3)9(16,17)18/h1-2H. The topological polar surface area (TPSA) is 34.1 Å². The first-order valence-corrected chi connectivity index (χ1v) is 6.18. The molecule has 0 bridgehead atoms. The van der Waals surface area contributed by atoms with E-state index in [0.29, 0.717) is 0 Å². The molecule has 2 nitrogen and oxygen atoms in total. The predicted octanol–water partition coefficient (Wildman–Crippen LogP) is 4.40. The van der Waals surface area contributed by atoms with Gasteiger partial charge in [0, 0.05) is 0 Å². The summed E-state index contributed by atoms with van der Waals surface area (Å²) in [4.78, 5) is -2.90. The summed E-state index contributed by atoms with van der Waals surface area (Å²) in [5.74, 6) is 0. The summed E-state index contributed by atoms with van der Waals surface area (Å²) in [7, 11) is -6.60. The molecule has 0 aliphatic heterocycles. The number of hydrogen-bond donors (Lipinski definition) is 0. The monoisotopic (exact) mass is 364 g/mol. The quantitative estimate of drug-likeness (QED) is 0.547. The van der Waals surface area contributed by atoms with Crippen molar-refractivity contribution in [3.63, 3.8) is 0 Å². The van der Waals surface area contributed by atoms with Crippen LogP contribution in [0.2, 0.25) is 0 Å². The Labute approximate surface area is 115 Å². The summed E-state index contributed by atoms with van der Waals surface area (Å²) in [6, 6.07) is -1.80. The van der Waals surface area contributed by atoms with Crippen LogP contribution in [0.15, 0.2) is 17.0 Å². The Morgan fingerprint density at radius 2 is 1.00 bits per heavy atom. The molecule has 0 spiro atoms. The van der Waals surface area contributed by atoms with Crippen molar-refractivity contribution >= 4 is 10.2 Å². The zero-order valence-electron chi connectivity index (χ0n) is 9.66. The van der Waals surface area contributed by atoms with Crippen molar-refractivity contribution < 1.29 is 51.8 Å². The third-order valence-corrected chi connectivity index (χ3v) is 3.20. The lowest BCUT2D eigenvalue weighted by Gasteiger charge is -2.19. The van der Waals surface area contributed by atoms with E-state index in [4.69, 9.17) is 0 Å². The van der Waals surface area contributed by atoms with Gasteiger partial charge in [-0.05, 0) is 12.1 Å². The molecule has 126 valence electrons. The van der Waals surface area contributed by atoms with Gasteiger partial charge in [0.1, 0.15) is 4.90 Å². The highest BCUT2D eigenvalue weighted by atomic mass is 32.3. The molecule has 1 aromatic rings. The van der Waals surface area contributed by atoms with Gasteiger partial charge in [-0.1, -0.05) is 0 Å². The van der Waals surface area contributed by atoms with Gasteiger partial charge in [0.05, 0.1) is 16.7 Å². The van der Waals surface area contributed by atoms with Crippen molar-refractivity contribution in [2.45, 2.75) is 23.4 Å². The first-order chi connectivity index (χ1) is 9.45. The molecule has 1 rings (SSSR count). The fourth-order valence-electron chi connectivity index (χ4n) is 1.48. The molecule has 0 N–H and O–H groups in total. The van der Waals surface area contributed by atoms with Crippen LogP contribution in [0, 0.1) is 0 Å². The van der Waals surface area contributed by atoms with E-state index in [1.165, 1.54) is 0 Å². The van der Waals surface area contributed by atoms with Crippen LogP contribution in [0.1, 0.15) is 16.7 Å². The van der Waals surface area contributed by atoms with Gasteiger partial charge in [-0.2, -0.15) is 47.9 Å². The van der Waals surface area contributed by atoms with E-state index in [1.807, 2.05) is 0 Å². The van der Waals surface area contributed by atoms with Gasteiger partial charge in [-0.3, -0.25) is 0 Å². The Morgan fingerprint density at radius 1 is 0.682 bits per heavy atom. The molecule has 0 saturated heterocycles. The van der Waals surface area contributed by atoms with Crippen molar-refractivity contribution in [2.75, 3.05) is 0 Å². The largest absolute Gasteiger partial charge is 0.417 e. The van der Waals surface area contributed by atoms with Crippen LogP contribution in [0.5, 0.6) is 0 Å². The maximum Gasteiger partial charge on any atom is 0.417 e. The van der Waals surface area contributed by atoms with Gasteiger partial charge in [0.15, 0.2) is 0 Å². The summed E-state index contributed by atoms with van der Waals surface area (Å²) in [5, 5.41) is 0. The summed E-state index contributed by atoms with van der Waals surface area (Å²) >= 11 is 0. The molecular formula is C9H2F10O2S. The van der Waals surface area contributed by atoms with Crippen molar-refractivity contribution in [1.82, 2.24) is 0 Å². The Hall–Kier alpha value is -1.53. The van der Waals surface area contributed by atoms with E-state index in [-0.39, 0.29) is 0 Å². The zero-order chi connectivity index (χ0) is 17.7. The molecule has 13 heteroatoms.